The first-order valence-electron chi connectivity index (χ1n) is 34.9. The van der Waals surface area contributed by atoms with Gasteiger partial charge in [-0.15, -0.1) is 0 Å². The Labute approximate surface area is 497 Å². The van der Waals surface area contributed by atoms with Gasteiger partial charge in [-0.1, -0.05) is 331 Å². The largest absolute Gasteiger partial charge is 0.462 e. The fourth-order valence-electron chi connectivity index (χ4n) is 10.2. The van der Waals surface area contributed by atoms with Gasteiger partial charge in [-0.25, -0.2) is 0 Å². The Morgan fingerprint density at radius 3 is 0.800 bits per heavy atom. The molecular weight excluding hydrogens is 985 g/mol. The van der Waals surface area contributed by atoms with Gasteiger partial charge in [0, 0.05) is 19.3 Å². The van der Waals surface area contributed by atoms with Gasteiger partial charge in [0.1, 0.15) is 13.2 Å². The summed E-state index contributed by atoms with van der Waals surface area (Å²) >= 11 is 0. The minimum absolute atomic E-state index is 0.0874. The topological polar surface area (TPSA) is 78.9 Å². The summed E-state index contributed by atoms with van der Waals surface area (Å²) in [5.74, 6) is -0.909. The van der Waals surface area contributed by atoms with Gasteiger partial charge in [-0.2, -0.15) is 0 Å². The molecule has 0 aliphatic carbocycles. The number of rotatable bonds is 64. The Balaban J connectivity index is 4.19. The van der Waals surface area contributed by atoms with Gasteiger partial charge in [-0.05, 0) is 83.5 Å². The Morgan fingerprint density at radius 2 is 0.500 bits per heavy atom. The van der Waals surface area contributed by atoms with Crippen molar-refractivity contribution in [2.45, 2.75) is 367 Å². The fraction of sp³-hybridized carbons (Fsp3) is 0.797. The first-order valence-corrected chi connectivity index (χ1v) is 34.9. The van der Waals surface area contributed by atoms with Gasteiger partial charge in [0.05, 0.1) is 0 Å². The first kappa shape index (κ1) is 76.9. The average Bonchev–Trinajstić information content (AvgIpc) is 3.46. The van der Waals surface area contributed by atoms with Gasteiger partial charge in [-0.3, -0.25) is 14.4 Å². The third-order valence-corrected chi connectivity index (χ3v) is 15.4. The van der Waals surface area contributed by atoms with Crippen LogP contribution < -0.4 is 0 Å². The van der Waals surface area contributed by atoms with Gasteiger partial charge < -0.3 is 14.2 Å². The second-order valence-corrected chi connectivity index (χ2v) is 23.4. The maximum absolute atomic E-state index is 12.9. The Bertz CT molecular complexity index is 1470. The van der Waals surface area contributed by atoms with E-state index >= 15 is 0 Å². The summed E-state index contributed by atoms with van der Waals surface area (Å²) in [6.07, 6.45) is 89.5. The summed E-state index contributed by atoms with van der Waals surface area (Å²) in [5, 5.41) is 0. The van der Waals surface area contributed by atoms with Crippen molar-refractivity contribution in [2.24, 2.45) is 0 Å². The van der Waals surface area contributed by atoms with Crippen molar-refractivity contribution >= 4 is 17.9 Å². The van der Waals surface area contributed by atoms with Crippen LogP contribution in [0.15, 0.2) is 72.9 Å². The zero-order valence-electron chi connectivity index (χ0n) is 53.3. The predicted octanol–water partition coefficient (Wildman–Crippen LogP) is 24.1. The molecular formula is C74H132O6. The number of hydrogen-bond donors (Lipinski definition) is 0. The lowest BCUT2D eigenvalue weighted by molar-refractivity contribution is -0.167. The molecule has 0 aromatic carbocycles. The first-order chi connectivity index (χ1) is 39.5. The zero-order valence-corrected chi connectivity index (χ0v) is 53.3. The van der Waals surface area contributed by atoms with Crippen molar-refractivity contribution in [2.75, 3.05) is 13.2 Å². The van der Waals surface area contributed by atoms with Crippen LogP contribution in [0, 0.1) is 0 Å². The van der Waals surface area contributed by atoms with E-state index in [1.54, 1.807) is 0 Å². The predicted molar refractivity (Wildman–Crippen MR) is 348 cm³/mol. The normalized spacial score (nSPS) is 12.5. The summed E-state index contributed by atoms with van der Waals surface area (Å²) in [4.78, 5) is 38.3. The highest BCUT2D eigenvalue weighted by Gasteiger charge is 2.19. The van der Waals surface area contributed by atoms with E-state index in [9.17, 15) is 14.4 Å². The minimum atomic E-state index is -0.795. The molecule has 0 aromatic rings. The lowest BCUT2D eigenvalue weighted by atomic mass is 10.0. The van der Waals surface area contributed by atoms with E-state index in [0.717, 1.165) is 122 Å². The molecule has 0 aliphatic rings. The molecule has 1 atom stereocenters. The van der Waals surface area contributed by atoms with Crippen molar-refractivity contribution in [1.29, 1.82) is 0 Å². The average molecular weight is 1120 g/mol. The van der Waals surface area contributed by atoms with Crippen LogP contribution >= 0.6 is 0 Å². The third-order valence-electron chi connectivity index (χ3n) is 15.4. The number of carbonyl (C=O) groups is 3. The van der Waals surface area contributed by atoms with Gasteiger partial charge in [0.2, 0.25) is 0 Å². The van der Waals surface area contributed by atoms with Crippen molar-refractivity contribution in [1.82, 2.24) is 0 Å². The molecule has 0 aliphatic heterocycles. The van der Waals surface area contributed by atoms with E-state index in [2.05, 4.69) is 93.7 Å². The Hall–Kier alpha value is -3.15. The van der Waals surface area contributed by atoms with Crippen molar-refractivity contribution in [3.05, 3.63) is 72.9 Å². The van der Waals surface area contributed by atoms with Crippen molar-refractivity contribution in [3.63, 3.8) is 0 Å². The van der Waals surface area contributed by atoms with E-state index in [-0.39, 0.29) is 31.1 Å². The maximum Gasteiger partial charge on any atom is 0.306 e. The maximum atomic E-state index is 12.9. The molecule has 464 valence electrons. The number of allylic oxidation sites excluding steroid dienone is 12. The third kappa shape index (κ3) is 65.7. The molecule has 80 heavy (non-hydrogen) atoms. The fourth-order valence-corrected chi connectivity index (χ4v) is 10.2. The summed E-state index contributed by atoms with van der Waals surface area (Å²) < 4.78 is 16.9. The molecule has 0 heterocycles. The molecule has 0 saturated carbocycles. The van der Waals surface area contributed by atoms with Crippen LogP contribution in [0.25, 0.3) is 0 Å². The van der Waals surface area contributed by atoms with E-state index in [1.807, 2.05) is 0 Å². The molecule has 0 amide bonds. The molecule has 0 aromatic heterocycles. The van der Waals surface area contributed by atoms with Crippen LogP contribution in [0.1, 0.15) is 361 Å². The number of unbranched alkanes of at least 4 members (excludes halogenated alkanes) is 41. The monoisotopic (exact) mass is 1120 g/mol. The minimum Gasteiger partial charge on any atom is -0.462 e. The van der Waals surface area contributed by atoms with Crippen LogP contribution in [0.2, 0.25) is 0 Å². The Morgan fingerprint density at radius 1 is 0.263 bits per heavy atom. The van der Waals surface area contributed by atoms with E-state index < -0.39 is 6.10 Å². The molecule has 6 nitrogen and oxygen atoms in total. The Kier molecular flexibility index (Phi) is 65.7. The second kappa shape index (κ2) is 68.3. The molecule has 0 radical (unpaired) electrons. The standard InChI is InChI=1S/C74H132O6/c1-4-7-10-13-16-19-22-25-28-30-31-32-33-34-35-36-37-38-39-40-41-42-43-45-46-49-52-55-58-61-64-67-73(76)79-70-71(69-78-72(75)66-63-60-57-54-51-48-27-24-21-18-15-12-9-6-3)80-74(77)68-65-62-59-56-53-50-47-44-29-26-23-20-17-14-11-8-5-2/h8,11,15,17-18,20,24,26-27,29,47,50,71H,4-7,9-10,12-14,16,19,21-23,25,28,30-46,48-49,51-70H2,1-3H3/b11-8-,18-15-,20-17-,27-24-,29-26-,50-47-. The van der Waals surface area contributed by atoms with Crippen molar-refractivity contribution in [3.8, 4) is 0 Å². The van der Waals surface area contributed by atoms with Crippen LogP contribution in [-0.4, -0.2) is 37.2 Å². The molecule has 0 saturated heterocycles. The van der Waals surface area contributed by atoms with Crippen LogP contribution in [0.4, 0.5) is 0 Å². The second-order valence-electron chi connectivity index (χ2n) is 23.4. The van der Waals surface area contributed by atoms with Gasteiger partial charge in [0.15, 0.2) is 6.10 Å². The number of carbonyl (C=O) groups excluding carboxylic acids is 3. The summed E-state index contributed by atoms with van der Waals surface area (Å²) in [6, 6.07) is 0. The van der Waals surface area contributed by atoms with Crippen LogP contribution in [0.5, 0.6) is 0 Å². The molecule has 1 unspecified atom stereocenters. The highest BCUT2D eigenvalue weighted by atomic mass is 16.6. The van der Waals surface area contributed by atoms with Gasteiger partial charge in [0.25, 0.3) is 0 Å². The molecule has 0 spiro atoms. The molecule has 6 heteroatoms. The quantitative estimate of drug-likeness (QED) is 0.0261. The van der Waals surface area contributed by atoms with Crippen LogP contribution in [0.3, 0.4) is 0 Å². The summed E-state index contributed by atoms with van der Waals surface area (Å²) in [5.41, 5.74) is 0. The number of hydrogen-bond acceptors (Lipinski definition) is 6. The lowest BCUT2D eigenvalue weighted by Gasteiger charge is -2.18. The van der Waals surface area contributed by atoms with E-state index in [0.29, 0.717) is 19.3 Å². The van der Waals surface area contributed by atoms with Gasteiger partial charge >= 0.3 is 17.9 Å². The summed E-state index contributed by atoms with van der Waals surface area (Å²) in [7, 11) is 0. The SMILES string of the molecule is CC/C=C\C/C=C\C/C=C\C/C=C\CCCCCCC(=O)OC(COC(=O)CCCCCCC/C=C\C/C=C\CCCC)COC(=O)CCCCCCCCCCCCCCCCCCCCCCCCCCCCCCCCC. The number of ether oxygens (including phenoxy) is 3. The lowest BCUT2D eigenvalue weighted by Crippen LogP contribution is -2.30. The van der Waals surface area contributed by atoms with Crippen LogP contribution in [-0.2, 0) is 28.6 Å². The van der Waals surface area contributed by atoms with Crippen molar-refractivity contribution < 1.29 is 28.6 Å². The molecule has 0 bridgehead atoms. The number of esters is 3. The molecule has 0 rings (SSSR count). The molecule has 0 N–H and O–H groups in total. The summed E-state index contributed by atoms with van der Waals surface area (Å²) in [6.45, 7) is 6.50. The highest BCUT2D eigenvalue weighted by molar-refractivity contribution is 5.71. The zero-order chi connectivity index (χ0) is 57.8. The van der Waals surface area contributed by atoms with E-state index in [1.165, 1.54) is 199 Å². The van der Waals surface area contributed by atoms with E-state index in [4.69, 9.17) is 14.2 Å². The highest BCUT2D eigenvalue weighted by Crippen LogP contribution is 2.18. The smallest absolute Gasteiger partial charge is 0.306 e. The molecule has 0 fully saturated rings.